The fourth-order valence-electron chi connectivity index (χ4n) is 1.52. The number of halogens is 4. The highest BCUT2D eigenvalue weighted by Crippen LogP contribution is 2.32. The molecule has 22 heavy (non-hydrogen) atoms. The Kier molecular flexibility index (Phi) is 5.57. The Hall–Kier alpha value is -2.05. The molecule has 0 aliphatic heterocycles. The van der Waals surface area contributed by atoms with E-state index in [1.807, 2.05) is 0 Å². The van der Waals surface area contributed by atoms with E-state index in [9.17, 15) is 22.4 Å². The van der Waals surface area contributed by atoms with Gasteiger partial charge in [0, 0.05) is 6.54 Å². The van der Waals surface area contributed by atoms with Crippen LogP contribution in [0.15, 0.2) is 24.3 Å². The Morgan fingerprint density at radius 1 is 1.27 bits per heavy atom. The minimum atomic E-state index is -4.75. The van der Waals surface area contributed by atoms with E-state index in [4.69, 9.17) is 4.74 Å². The van der Waals surface area contributed by atoms with Gasteiger partial charge in [0.15, 0.2) is 0 Å². The fourth-order valence-corrected chi connectivity index (χ4v) is 1.52. The van der Waals surface area contributed by atoms with Gasteiger partial charge in [0.1, 0.15) is 11.4 Å². The molecule has 0 fully saturated rings. The minimum absolute atomic E-state index is 0.0770. The van der Waals surface area contributed by atoms with Crippen LogP contribution in [-0.4, -0.2) is 18.2 Å². The molecule has 3 nitrogen and oxygen atoms in total. The molecule has 0 bridgehead atoms. The molecule has 1 amide bonds. The number of alkyl carbamates (subject to hydrolysis) is 1. The van der Waals surface area contributed by atoms with Gasteiger partial charge in [0.25, 0.3) is 0 Å². The molecule has 7 heteroatoms. The normalized spacial score (nSPS) is 12.5. The van der Waals surface area contributed by atoms with Crippen LogP contribution in [0.2, 0.25) is 0 Å². The molecular weight excluding hydrogens is 302 g/mol. The lowest BCUT2D eigenvalue weighted by Gasteiger charge is -2.19. The molecule has 0 atom stereocenters. The molecule has 0 spiro atoms. The highest BCUT2D eigenvalue weighted by molar-refractivity contribution is 5.68. The molecule has 0 aliphatic rings. The average Bonchev–Trinajstić information content (AvgIpc) is 2.33. The van der Waals surface area contributed by atoms with Crippen molar-refractivity contribution in [1.29, 1.82) is 0 Å². The number of nitrogens with one attached hydrogen (secondary N) is 1. The zero-order valence-electron chi connectivity index (χ0n) is 12.4. The van der Waals surface area contributed by atoms with Gasteiger partial charge < -0.3 is 10.1 Å². The van der Waals surface area contributed by atoms with Gasteiger partial charge in [-0.05, 0) is 38.5 Å². The standard InChI is InChI=1S/C15H17F4NO2/c1-14(2,3)22-13(21)20-8-4-5-10-6-7-12(16)11(9-10)15(17,18)19/h4-7,9H,8H2,1-3H3,(H,20,21). The fraction of sp³-hybridized carbons (Fsp3) is 0.400. The number of amides is 1. The Morgan fingerprint density at radius 2 is 1.91 bits per heavy atom. The predicted octanol–water partition coefficient (Wildman–Crippen LogP) is 4.38. The second kappa shape index (κ2) is 6.81. The van der Waals surface area contributed by atoms with E-state index >= 15 is 0 Å². The lowest BCUT2D eigenvalue weighted by Crippen LogP contribution is -2.32. The van der Waals surface area contributed by atoms with Crippen molar-refractivity contribution in [2.75, 3.05) is 6.54 Å². The first-order valence-corrected chi connectivity index (χ1v) is 6.49. The van der Waals surface area contributed by atoms with Crippen LogP contribution in [0.5, 0.6) is 0 Å². The Morgan fingerprint density at radius 3 is 2.45 bits per heavy atom. The zero-order valence-corrected chi connectivity index (χ0v) is 12.4. The van der Waals surface area contributed by atoms with Crippen molar-refractivity contribution in [1.82, 2.24) is 5.32 Å². The number of carbonyl (C=O) groups excluding carboxylic acids is 1. The van der Waals surface area contributed by atoms with Crippen LogP contribution < -0.4 is 5.32 Å². The van der Waals surface area contributed by atoms with Crippen molar-refractivity contribution in [2.24, 2.45) is 0 Å². The third kappa shape index (κ3) is 6.15. The van der Waals surface area contributed by atoms with Crippen LogP contribution in [0.25, 0.3) is 6.08 Å². The van der Waals surface area contributed by atoms with E-state index in [1.165, 1.54) is 18.2 Å². The number of rotatable bonds is 3. The summed E-state index contributed by atoms with van der Waals surface area (Å²) in [4.78, 5) is 11.3. The highest BCUT2D eigenvalue weighted by Gasteiger charge is 2.33. The molecule has 1 aromatic carbocycles. The molecule has 122 valence electrons. The quantitative estimate of drug-likeness (QED) is 0.840. The predicted molar refractivity (Wildman–Crippen MR) is 74.7 cm³/mol. The van der Waals surface area contributed by atoms with Crippen molar-refractivity contribution < 1.29 is 27.1 Å². The lowest BCUT2D eigenvalue weighted by molar-refractivity contribution is -0.140. The van der Waals surface area contributed by atoms with Crippen LogP contribution in [0, 0.1) is 5.82 Å². The number of hydrogen-bond acceptors (Lipinski definition) is 2. The molecule has 0 radical (unpaired) electrons. The first kappa shape index (κ1) is 18.0. The first-order chi connectivity index (χ1) is 9.99. The molecule has 0 aliphatic carbocycles. The summed E-state index contributed by atoms with van der Waals surface area (Å²) >= 11 is 0. The molecule has 0 saturated heterocycles. The van der Waals surface area contributed by atoms with Gasteiger partial charge in [-0.25, -0.2) is 9.18 Å². The van der Waals surface area contributed by atoms with Gasteiger partial charge in [0.2, 0.25) is 0 Å². The van der Waals surface area contributed by atoms with Gasteiger partial charge >= 0.3 is 12.3 Å². The highest BCUT2D eigenvalue weighted by atomic mass is 19.4. The van der Waals surface area contributed by atoms with Crippen molar-refractivity contribution in [3.05, 3.63) is 41.2 Å². The zero-order chi connectivity index (χ0) is 17.0. The van der Waals surface area contributed by atoms with Crippen molar-refractivity contribution in [3.63, 3.8) is 0 Å². The minimum Gasteiger partial charge on any atom is -0.444 e. The topological polar surface area (TPSA) is 38.3 Å². The van der Waals surface area contributed by atoms with Crippen LogP contribution in [-0.2, 0) is 10.9 Å². The summed E-state index contributed by atoms with van der Waals surface area (Å²) in [5, 5.41) is 2.42. The van der Waals surface area contributed by atoms with Crippen LogP contribution >= 0.6 is 0 Å². The SMILES string of the molecule is CC(C)(C)OC(=O)NCC=Cc1ccc(F)c(C(F)(F)F)c1. The van der Waals surface area contributed by atoms with Gasteiger partial charge in [-0.1, -0.05) is 18.2 Å². The molecule has 0 saturated carbocycles. The number of carbonyl (C=O) groups is 1. The summed E-state index contributed by atoms with van der Waals surface area (Å²) < 4.78 is 55.7. The second-order valence-corrected chi connectivity index (χ2v) is 5.52. The molecule has 1 rings (SSSR count). The van der Waals surface area contributed by atoms with E-state index in [-0.39, 0.29) is 12.1 Å². The summed E-state index contributed by atoms with van der Waals surface area (Å²) in [6.45, 7) is 5.20. The summed E-state index contributed by atoms with van der Waals surface area (Å²) in [7, 11) is 0. The van der Waals surface area contributed by atoms with E-state index in [2.05, 4.69) is 5.32 Å². The van der Waals surface area contributed by atoms with Crippen molar-refractivity contribution >= 4 is 12.2 Å². The van der Waals surface area contributed by atoms with E-state index < -0.39 is 29.3 Å². The number of ether oxygens (including phenoxy) is 1. The molecule has 0 heterocycles. The number of hydrogen-bond donors (Lipinski definition) is 1. The smallest absolute Gasteiger partial charge is 0.419 e. The summed E-state index contributed by atoms with van der Waals surface area (Å²) in [6, 6.07) is 2.68. The Bertz CT molecular complexity index is 560. The van der Waals surface area contributed by atoms with Crippen LogP contribution in [0.1, 0.15) is 31.9 Å². The lowest BCUT2D eigenvalue weighted by atomic mass is 10.1. The Labute approximate surface area is 126 Å². The first-order valence-electron chi connectivity index (χ1n) is 6.49. The molecule has 1 N–H and O–H groups in total. The van der Waals surface area contributed by atoms with Gasteiger partial charge in [-0.2, -0.15) is 13.2 Å². The maximum absolute atomic E-state index is 13.1. The maximum Gasteiger partial charge on any atom is 0.419 e. The maximum atomic E-state index is 13.1. The average molecular weight is 319 g/mol. The van der Waals surface area contributed by atoms with E-state index in [1.54, 1.807) is 20.8 Å². The van der Waals surface area contributed by atoms with Crippen molar-refractivity contribution in [2.45, 2.75) is 32.5 Å². The number of alkyl halides is 3. The molecule has 0 aromatic heterocycles. The summed E-state index contributed by atoms with van der Waals surface area (Å²) in [6.07, 6.45) is -2.58. The summed E-state index contributed by atoms with van der Waals surface area (Å²) in [5.74, 6) is -1.32. The van der Waals surface area contributed by atoms with E-state index in [0.29, 0.717) is 6.07 Å². The van der Waals surface area contributed by atoms with Gasteiger partial charge in [-0.3, -0.25) is 0 Å². The van der Waals surface area contributed by atoms with E-state index in [0.717, 1.165) is 6.07 Å². The second-order valence-electron chi connectivity index (χ2n) is 5.52. The summed E-state index contributed by atoms with van der Waals surface area (Å²) in [5.41, 5.74) is -1.78. The monoisotopic (exact) mass is 319 g/mol. The van der Waals surface area contributed by atoms with Gasteiger partial charge in [-0.15, -0.1) is 0 Å². The largest absolute Gasteiger partial charge is 0.444 e. The molecular formula is C15H17F4NO2. The van der Waals surface area contributed by atoms with Crippen molar-refractivity contribution in [3.8, 4) is 0 Å². The van der Waals surface area contributed by atoms with Crippen LogP contribution in [0.3, 0.4) is 0 Å². The number of benzene rings is 1. The molecule has 0 unspecified atom stereocenters. The van der Waals surface area contributed by atoms with Crippen LogP contribution in [0.4, 0.5) is 22.4 Å². The van der Waals surface area contributed by atoms with Gasteiger partial charge in [0.05, 0.1) is 5.56 Å². The molecule has 1 aromatic rings. The third-order valence-electron chi connectivity index (χ3n) is 2.37. The Balaban J connectivity index is 2.63. The third-order valence-corrected chi connectivity index (χ3v) is 2.37.